The van der Waals surface area contributed by atoms with Crippen molar-refractivity contribution in [1.82, 2.24) is 20.4 Å². The van der Waals surface area contributed by atoms with E-state index in [-0.39, 0.29) is 17.6 Å². The van der Waals surface area contributed by atoms with Crippen molar-refractivity contribution in [3.05, 3.63) is 66.5 Å². The molecule has 6 heteroatoms. The number of fused-ring (bicyclic) bond motifs is 1. The normalized spacial score (nSPS) is 21.1. The molecular weight excluding hydrogens is 340 g/mol. The Balaban J connectivity index is 1.56. The van der Waals surface area contributed by atoms with Crippen molar-refractivity contribution in [1.29, 1.82) is 0 Å². The molecule has 1 aromatic carbocycles. The van der Waals surface area contributed by atoms with Crippen LogP contribution in [0.3, 0.4) is 0 Å². The number of carbonyl (C=O) groups is 1. The molecule has 1 saturated heterocycles. The predicted octanol–water partition coefficient (Wildman–Crippen LogP) is 2.75. The Bertz CT molecular complexity index is 816. The number of nitrogens with zero attached hydrogens (tertiary/aromatic N) is 3. The van der Waals surface area contributed by atoms with Crippen LogP contribution in [0.2, 0.25) is 0 Å². The van der Waals surface area contributed by atoms with Crippen molar-refractivity contribution in [3.63, 3.8) is 0 Å². The van der Waals surface area contributed by atoms with E-state index >= 15 is 0 Å². The van der Waals surface area contributed by atoms with E-state index in [4.69, 9.17) is 4.74 Å². The number of carbonyl (C=O) groups excluding carboxylic acids is 1. The van der Waals surface area contributed by atoms with Gasteiger partial charge in [-0.15, -0.1) is 6.58 Å². The van der Waals surface area contributed by atoms with Gasteiger partial charge in [0.1, 0.15) is 11.4 Å². The molecule has 1 fully saturated rings. The van der Waals surface area contributed by atoms with Gasteiger partial charge in [0.25, 0.3) is 5.91 Å². The highest BCUT2D eigenvalue weighted by Crippen LogP contribution is 2.44. The molecule has 0 saturated carbocycles. The number of ether oxygens (including phenoxy) is 1. The average molecular weight is 364 g/mol. The number of nitrogens with one attached hydrogen (secondary N) is 1. The Morgan fingerprint density at radius 2 is 2.11 bits per heavy atom. The molecule has 1 N–H and O–H groups in total. The van der Waals surface area contributed by atoms with Crippen LogP contribution >= 0.6 is 0 Å². The van der Waals surface area contributed by atoms with Crippen molar-refractivity contribution in [2.45, 2.75) is 30.9 Å². The monoisotopic (exact) mass is 364 g/mol. The van der Waals surface area contributed by atoms with Crippen molar-refractivity contribution in [2.75, 3.05) is 19.6 Å². The van der Waals surface area contributed by atoms with Crippen molar-refractivity contribution < 1.29 is 9.53 Å². The average Bonchev–Trinajstić information content (AvgIpc) is 2.71. The topological polar surface area (TPSA) is 67.4 Å². The van der Waals surface area contributed by atoms with E-state index in [1.54, 1.807) is 6.07 Å². The maximum atomic E-state index is 12.7. The summed E-state index contributed by atoms with van der Waals surface area (Å²) in [5.74, 6) is 0.741. The maximum absolute atomic E-state index is 12.7. The van der Waals surface area contributed by atoms with E-state index in [1.165, 1.54) is 12.4 Å². The second kappa shape index (κ2) is 7.48. The van der Waals surface area contributed by atoms with Gasteiger partial charge in [0, 0.05) is 31.6 Å². The minimum Gasteiger partial charge on any atom is -0.487 e. The third kappa shape index (κ3) is 3.71. The molecular formula is C21H24N4O2. The van der Waals surface area contributed by atoms with Crippen LogP contribution in [-0.2, 0) is 0 Å². The molecule has 1 amide bonds. The molecule has 0 aliphatic carbocycles. The fraction of sp³-hybridized carbons (Fsp3) is 0.381. The number of hydrogen-bond acceptors (Lipinski definition) is 5. The van der Waals surface area contributed by atoms with Crippen LogP contribution in [0.5, 0.6) is 5.75 Å². The Hall–Kier alpha value is -2.73. The predicted molar refractivity (Wildman–Crippen MR) is 103 cm³/mol. The smallest absolute Gasteiger partial charge is 0.253 e. The summed E-state index contributed by atoms with van der Waals surface area (Å²) < 4.78 is 6.48. The molecule has 6 nitrogen and oxygen atoms in total. The quantitative estimate of drug-likeness (QED) is 0.845. The van der Waals surface area contributed by atoms with E-state index in [0.717, 1.165) is 50.2 Å². The molecule has 0 radical (unpaired) electrons. The highest BCUT2D eigenvalue weighted by Gasteiger charge is 2.43. The van der Waals surface area contributed by atoms with Gasteiger partial charge in [-0.2, -0.15) is 10.2 Å². The van der Waals surface area contributed by atoms with Crippen LogP contribution < -0.4 is 10.1 Å². The molecule has 2 aromatic rings. The highest BCUT2D eigenvalue weighted by atomic mass is 16.5. The van der Waals surface area contributed by atoms with Gasteiger partial charge in [0.2, 0.25) is 0 Å². The third-order valence-electron chi connectivity index (χ3n) is 5.50. The maximum Gasteiger partial charge on any atom is 0.253 e. The fourth-order valence-corrected chi connectivity index (χ4v) is 4.05. The second-order valence-corrected chi connectivity index (χ2v) is 7.27. The van der Waals surface area contributed by atoms with Gasteiger partial charge in [-0.25, -0.2) is 0 Å². The summed E-state index contributed by atoms with van der Waals surface area (Å²) in [5.41, 5.74) is 1.32. The molecule has 27 heavy (non-hydrogen) atoms. The molecule has 1 spiro atoms. The van der Waals surface area contributed by atoms with Crippen LogP contribution in [-0.4, -0.2) is 46.2 Å². The fourth-order valence-electron chi connectivity index (χ4n) is 4.05. The van der Waals surface area contributed by atoms with Crippen molar-refractivity contribution in [2.24, 2.45) is 0 Å². The summed E-state index contributed by atoms with van der Waals surface area (Å²) in [5, 5.41) is 10.7. The van der Waals surface area contributed by atoms with Crippen LogP contribution in [0, 0.1) is 0 Å². The van der Waals surface area contributed by atoms with Crippen molar-refractivity contribution >= 4 is 5.91 Å². The zero-order valence-electron chi connectivity index (χ0n) is 15.3. The van der Waals surface area contributed by atoms with Crippen LogP contribution in [0.1, 0.15) is 41.2 Å². The van der Waals surface area contributed by atoms with E-state index < -0.39 is 0 Å². The van der Waals surface area contributed by atoms with E-state index in [9.17, 15) is 4.79 Å². The Morgan fingerprint density at radius 1 is 1.30 bits per heavy atom. The minimum absolute atomic E-state index is 0.0819. The lowest BCUT2D eigenvalue weighted by molar-refractivity contribution is -0.0223. The zero-order valence-corrected chi connectivity index (χ0v) is 15.3. The Morgan fingerprint density at radius 3 is 2.85 bits per heavy atom. The molecule has 0 bridgehead atoms. The first-order chi connectivity index (χ1) is 13.2. The van der Waals surface area contributed by atoms with E-state index in [1.807, 2.05) is 30.3 Å². The second-order valence-electron chi connectivity index (χ2n) is 7.27. The zero-order chi connectivity index (χ0) is 18.7. The molecule has 2 aliphatic rings. The molecule has 0 unspecified atom stereocenters. The van der Waals surface area contributed by atoms with Gasteiger partial charge in [0.15, 0.2) is 0 Å². The molecule has 2 aliphatic heterocycles. The van der Waals surface area contributed by atoms with Gasteiger partial charge < -0.3 is 10.1 Å². The lowest BCUT2D eigenvalue weighted by atomic mass is 9.80. The molecule has 4 rings (SSSR count). The summed E-state index contributed by atoms with van der Waals surface area (Å²) in [6.45, 7) is 6.69. The first kappa shape index (κ1) is 17.7. The molecule has 140 valence electrons. The number of piperidine rings is 1. The first-order valence-corrected chi connectivity index (χ1v) is 9.38. The summed E-state index contributed by atoms with van der Waals surface area (Å²) in [7, 11) is 0. The number of amides is 1. The SMILES string of the molecule is C=CCN1CCC2(CC1)C[C@H](NC(=O)c1ccnnc1)c1ccccc1O2. The van der Waals surface area contributed by atoms with Crippen LogP contribution in [0.15, 0.2) is 55.4 Å². The van der Waals surface area contributed by atoms with Gasteiger partial charge in [0.05, 0.1) is 24.0 Å². The van der Waals surface area contributed by atoms with Gasteiger partial charge >= 0.3 is 0 Å². The first-order valence-electron chi connectivity index (χ1n) is 9.38. The van der Waals surface area contributed by atoms with Gasteiger partial charge in [-0.1, -0.05) is 24.3 Å². The number of rotatable bonds is 4. The molecule has 3 heterocycles. The number of para-hydroxylation sites is 1. The summed E-state index contributed by atoms with van der Waals surface area (Å²) >= 11 is 0. The number of benzene rings is 1. The summed E-state index contributed by atoms with van der Waals surface area (Å²) in [6, 6.07) is 9.60. The lowest BCUT2D eigenvalue weighted by Crippen LogP contribution is -2.52. The third-order valence-corrected chi connectivity index (χ3v) is 5.50. The number of hydrogen-bond donors (Lipinski definition) is 1. The summed E-state index contributed by atoms with van der Waals surface area (Å²) in [6.07, 6.45) is 7.63. The largest absolute Gasteiger partial charge is 0.487 e. The molecule has 1 aromatic heterocycles. The van der Waals surface area contributed by atoms with Crippen LogP contribution in [0.25, 0.3) is 0 Å². The van der Waals surface area contributed by atoms with Gasteiger partial charge in [-0.3, -0.25) is 9.69 Å². The van der Waals surface area contributed by atoms with E-state index in [2.05, 4.69) is 27.0 Å². The Labute approximate surface area is 159 Å². The summed E-state index contributed by atoms with van der Waals surface area (Å²) in [4.78, 5) is 15.1. The number of likely N-dealkylation sites (tertiary alicyclic amines) is 1. The molecule has 1 atom stereocenters. The standard InChI is InChI=1S/C21H24N4O2/c1-2-11-25-12-8-21(9-13-25)14-18(17-5-3-4-6-19(17)27-21)24-20(26)16-7-10-22-23-15-16/h2-7,10,15,18H,1,8-9,11-14H2,(H,24,26)/t18-/m0/s1. The minimum atomic E-state index is -0.236. The van der Waals surface area contributed by atoms with Crippen molar-refractivity contribution in [3.8, 4) is 5.75 Å². The van der Waals surface area contributed by atoms with E-state index in [0.29, 0.717) is 5.56 Å². The van der Waals surface area contributed by atoms with Gasteiger partial charge in [-0.05, 0) is 25.0 Å². The highest BCUT2D eigenvalue weighted by molar-refractivity contribution is 5.94. The number of aromatic nitrogens is 2. The van der Waals surface area contributed by atoms with Crippen LogP contribution in [0.4, 0.5) is 0 Å². The lowest BCUT2D eigenvalue weighted by Gasteiger charge is -2.46. The Kier molecular flexibility index (Phi) is 4.90.